The van der Waals surface area contributed by atoms with Gasteiger partial charge in [0.1, 0.15) is 5.82 Å². The van der Waals surface area contributed by atoms with Crippen LogP contribution in [0, 0.1) is 17.2 Å². The summed E-state index contributed by atoms with van der Waals surface area (Å²) in [6.45, 7) is 2.94. The van der Waals surface area contributed by atoms with Crippen molar-refractivity contribution < 1.29 is 4.39 Å². The lowest BCUT2D eigenvalue weighted by molar-refractivity contribution is 0.150. The minimum atomic E-state index is -0.323. The molecule has 1 aliphatic rings. The molecule has 0 saturated heterocycles. The van der Waals surface area contributed by atoms with Gasteiger partial charge in [-0.2, -0.15) is 0 Å². The summed E-state index contributed by atoms with van der Waals surface area (Å²) >= 11 is 5.75. The fourth-order valence-electron chi connectivity index (χ4n) is 3.52. The molecule has 2 N–H and O–H groups in total. The van der Waals surface area contributed by atoms with E-state index in [4.69, 9.17) is 17.3 Å². The molecule has 2 rings (SSSR count). The highest BCUT2D eigenvalue weighted by atomic mass is 35.5. The Labute approximate surface area is 126 Å². The topological polar surface area (TPSA) is 26.0 Å². The molecular weight excluding hydrogens is 273 g/mol. The van der Waals surface area contributed by atoms with Crippen LogP contribution in [0.15, 0.2) is 18.2 Å². The molecule has 0 aromatic heterocycles. The lowest BCUT2D eigenvalue weighted by atomic mass is 9.67. The SMILES string of the molecule is CCCC1CCC(CN)(Cc2ccc(Cl)c(F)c2)CC1. The molecule has 112 valence electrons. The second-order valence-corrected chi connectivity index (χ2v) is 6.77. The summed E-state index contributed by atoms with van der Waals surface area (Å²) in [5.74, 6) is 0.539. The van der Waals surface area contributed by atoms with E-state index in [-0.39, 0.29) is 16.3 Å². The van der Waals surface area contributed by atoms with Gasteiger partial charge in [-0.05, 0) is 67.7 Å². The van der Waals surface area contributed by atoms with Crippen LogP contribution in [0.5, 0.6) is 0 Å². The molecule has 1 aliphatic carbocycles. The van der Waals surface area contributed by atoms with Crippen LogP contribution < -0.4 is 5.73 Å². The Morgan fingerprint density at radius 1 is 1.35 bits per heavy atom. The van der Waals surface area contributed by atoms with E-state index < -0.39 is 0 Å². The van der Waals surface area contributed by atoms with Crippen LogP contribution in [0.4, 0.5) is 4.39 Å². The Balaban J connectivity index is 2.03. The number of benzene rings is 1. The molecule has 0 unspecified atom stereocenters. The van der Waals surface area contributed by atoms with E-state index in [1.54, 1.807) is 12.1 Å². The zero-order valence-corrected chi connectivity index (χ0v) is 13.1. The molecular formula is C17H25ClFN. The Morgan fingerprint density at radius 2 is 2.05 bits per heavy atom. The fraction of sp³-hybridized carbons (Fsp3) is 0.647. The van der Waals surface area contributed by atoms with Crippen LogP contribution in [-0.4, -0.2) is 6.54 Å². The maximum atomic E-state index is 13.6. The standard InChI is InChI=1S/C17H25ClFN/c1-2-3-13-6-8-17(12-20,9-7-13)11-14-4-5-15(18)16(19)10-14/h4-5,10,13H,2-3,6-9,11-12,20H2,1H3. The maximum absolute atomic E-state index is 13.6. The molecule has 1 fully saturated rings. The van der Waals surface area contributed by atoms with Gasteiger partial charge in [-0.25, -0.2) is 4.39 Å². The highest BCUT2D eigenvalue weighted by Crippen LogP contribution is 2.42. The molecule has 0 amide bonds. The zero-order valence-electron chi connectivity index (χ0n) is 12.3. The maximum Gasteiger partial charge on any atom is 0.142 e. The van der Waals surface area contributed by atoms with Gasteiger partial charge < -0.3 is 5.73 Å². The van der Waals surface area contributed by atoms with Crippen LogP contribution >= 0.6 is 11.6 Å². The number of nitrogens with two attached hydrogens (primary N) is 1. The normalized spacial score (nSPS) is 26.7. The molecule has 0 bridgehead atoms. The minimum Gasteiger partial charge on any atom is -0.330 e. The Morgan fingerprint density at radius 3 is 2.60 bits per heavy atom. The van der Waals surface area contributed by atoms with Gasteiger partial charge in [-0.1, -0.05) is 37.4 Å². The number of hydrogen-bond acceptors (Lipinski definition) is 1. The van der Waals surface area contributed by atoms with Crippen molar-refractivity contribution in [2.75, 3.05) is 6.54 Å². The second-order valence-electron chi connectivity index (χ2n) is 6.36. The van der Waals surface area contributed by atoms with Crippen LogP contribution in [0.25, 0.3) is 0 Å². The third kappa shape index (κ3) is 3.73. The first-order valence-electron chi connectivity index (χ1n) is 7.72. The van der Waals surface area contributed by atoms with Crippen molar-refractivity contribution in [2.24, 2.45) is 17.1 Å². The molecule has 0 aliphatic heterocycles. The molecule has 1 aromatic carbocycles. The summed E-state index contributed by atoms with van der Waals surface area (Å²) in [7, 11) is 0. The van der Waals surface area contributed by atoms with Gasteiger partial charge in [0.05, 0.1) is 5.02 Å². The van der Waals surface area contributed by atoms with Gasteiger partial charge in [0.25, 0.3) is 0 Å². The summed E-state index contributed by atoms with van der Waals surface area (Å²) in [5, 5.41) is 0.196. The van der Waals surface area contributed by atoms with Crippen LogP contribution in [-0.2, 0) is 6.42 Å². The largest absolute Gasteiger partial charge is 0.330 e. The molecule has 1 nitrogen and oxygen atoms in total. The van der Waals surface area contributed by atoms with Crippen molar-refractivity contribution >= 4 is 11.6 Å². The molecule has 20 heavy (non-hydrogen) atoms. The molecule has 0 heterocycles. The van der Waals surface area contributed by atoms with E-state index >= 15 is 0 Å². The quantitative estimate of drug-likeness (QED) is 0.817. The van der Waals surface area contributed by atoms with Gasteiger partial charge in [0, 0.05) is 0 Å². The summed E-state index contributed by atoms with van der Waals surface area (Å²) in [4.78, 5) is 0. The van der Waals surface area contributed by atoms with Crippen molar-refractivity contribution in [3.05, 3.63) is 34.6 Å². The number of halogens is 2. The fourth-order valence-corrected chi connectivity index (χ4v) is 3.64. The van der Waals surface area contributed by atoms with Gasteiger partial charge in [-0.3, -0.25) is 0 Å². The van der Waals surface area contributed by atoms with Crippen LogP contribution in [0.1, 0.15) is 51.0 Å². The van der Waals surface area contributed by atoms with E-state index in [1.807, 2.05) is 6.07 Å². The first-order chi connectivity index (χ1) is 9.58. The average Bonchev–Trinajstić information content (AvgIpc) is 2.46. The molecule has 1 aromatic rings. The van der Waals surface area contributed by atoms with Gasteiger partial charge >= 0.3 is 0 Å². The Bertz CT molecular complexity index is 439. The highest BCUT2D eigenvalue weighted by Gasteiger charge is 2.34. The van der Waals surface area contributed by atoms with Gasteiger partial charge in [-0.15, -0.1) is 0 Å². The zero-order chi connectivity index (χ0) is 14.6. The van der Waals surface area contributed by atoms with E-state index in [2.05, 4.69) is 6.92 Å². The van der Waals surface area contributed by atoms with Crippen molar-refractivity contribution in [2.45, 2.75) is 51.9 Å². The molecule has 3 heteroatoms. The van der Waals surface area contributed by atoms with E-state index in [1.165, 1.54) is 38.5 Å². The Hall–Kier alpha value is -0.600. The lowest BCUT2D eigenvalue weighted by Gasteiger charge is -2.39. The lowest BCUT2D eigenvalue weighted by Crippen LogP contribution is -2.36. The summed E-state index contributed by atoms with van der Waals surface area (Å²) < 4.78 is 13.6. The molecule has 1 saturated carbocycles. The predicted molar refractivity (Wildman–Crippen MR) is 83.5 cm³/mol. The third-order valence-corrected chi connectivity index (χ3v) is 5.17. The average molecular weight is 298 g/mol. The summed E-state index contributed by atoms with van der Waals surface area (Å²) in [6.07, 6.45) is 8.33. The van der Waals surface area contributed by atoms with Crippen molar-refractivity contribution in [1.82, 2.24) is 0 Å². The van der Waals surface area contributed by atoms with Crippen molar-refractivity contribution in [1.29, 1.82) is 0 Å². The third-order valence-electron chi connectivity index (χ3n) is 4.86. The molecule has 0 spiro atoms. The summed E-state index contributed by atoms with van der Waals surface area (Å²) in [5.41, 5.74) is 7.23. The van der Waals surface area contributed by atoms with Gasteiger partial charge in [0.2, 0.25) is 0 Å². The van der Waals surface area contributed by atoms with Crippen LogP contribution in [0.2, 0.25) is 5.02 Å². The second kappa shape index (κ2) is 6.91. The van der Waals surface area contributed by atoms with E-state index in [9.17, 15) is 4.39 Å². The minimum absolute atomic E-state index is 0.157. The molecule has 0 atom stereocenters. The highest BCUT2D eigenvalue weighted by molar-refractivity contribution is 6.30. The Kier molecular flexibility index (Phi) is 5.45. The van der Waals surface area contributed by atoms with Crippen molar-refractivity contribution in [3.63, 3.8) is 0 Å². The van der Waals surface area contributed by atoms with Crippen molar-refractivity contribution in [3.8, 4) is 0 Å². The van der Waals surface area contributed by atoms with E-state index in [0.29, 0.717) is 6.54 Å². The predicted octanol–water partition coefficient (Wildman–Crippen LogP) is 4.96. The van der Waals surface area contributed by atoms with Crippen LogP contribution in [0.3, 0.4) is 0 Å². The first kappa shape index (κ1) is 15.8. The number of rotatable bonds is 5. The first-order valence-corrected chi connectivity index (χ1v) is 8.10. The van der Waals surface area contributed by atoms with Gasteiger partial charge in [0.15, 0.2) is 0 Å². The smallest absolute Gasteiger partial charge is 0.142 e. The van der Waals surface area contributed by atoms with E-state index in [0.717, 1.165) is 17.9 Å². The monoisotopic (exact) mass is 297 g/mol. The summed E-state index contributed by atoms with van der Waals surface area (Å²) in [6, 6.07) is 5.15. The number of hydrogen-bond donors (Lipinski definition) is 1. The molecule has 0 radical (unpaired) electrons.